The number of carboxylic acids is 1. The van der Waals surface area contributed by atoms with Crippen molar-refractivity contribution in [2.75, 3.05) is 32.7 Å². The van der Waals surface area contributed by atoms with E-state index in [0.717, 1.165) is 56.9 Å². The van der Waals surface area contributed by atoms with Crippen LogP contribution >= 0.6 is 11.3 Å². The summed E-state index contributed by atoms with van der Waals surface area (Å²) >= 11 is 1.76. The van der Waals surface area contributed by atoms with Gasteiger partial charge in [0.05, 0.1) is 6.20 Å². The smallest absolute Gasteiger partial charge is 0.320 e. The molecule has 6 rings (SSSR count). The molecule has 1 N–H and O–H groups in total. The van der Waals surface area contributed by atoms with Crippen molar-refractivity contribution in [3.05, 3.63) is 58.4 Å². The molecule has 0 bridgehead atoms. The van der Waals surface area contributed by atoms with Crippen molar-refractivity contribution in [2.45, 2.75) is 63.8 Å². The van der Waals surface area contributed by atoms with Gasteiger partial charge in [-0.05, 0) is 63.6 Å². The summed E-state index contributed by atoms with van der Waals surface area (Å²) in [6.45, 7) is 9.31. The van der Waals surface area contributed by atoms with Gasteiger partial charge in [-0.25, -0.2) is 4.98 Å². The van der Waals surface area contributed by atoms with Crippen molar-refractivity contribution in [3.8, 4) is 0 Å². The van der Waals surface area contributed by atoms with Crippen LogP contribution in [-0.4, -0.2) is 69.0 Å². The molecule has 0 amide bonds. The molecule has 3 aliphatic rings. The largest absolute Gasteiger partial charge is 0.480 e. The van der Waals surface area contributed by atoms with E-state index in [1.54, 1.807) is 11.3 Å². The lowest BCUT2D eigenvalue weighted by atomic mass is 9.86. The molecule has 1 aromatic carbocycles. The summed E-state index contributed by atoms with van der Waals surface area (Å²) < 4.78 is 2.30. The summed E-state index contributed by atoms with van der Waals surface area (Å²) in [7, 11) is 0. The Morgan fingerprint density at radius 1 is 1.17 bits per heavy atom. The van der Waals surface area contributed by atoms with E-state index in [4.69, 9.17) is 0 Å². The number of rotatable bonds is 8. The number of fused-ring (bicyclic) bond motifs is 1. The van der Waals surface area contributed by atoms with E-state index in [1.165, 1.54) is 34.5 Å². The molecule has 0 spiro atoms. The molecule has 1 saturated carbocycles. The molecule has 3 aromatic rings. The van der Waals surface area contributed by atoms with Crippen LogP contribution in [0.5, 0.6) is 0 Å². The Kier molecular flexibility index (Phi) is 6.65. The van der Waals surface area contributed by atoms with Crippen LogP contribution < -0.4 is 0 Å². The summed E-state index contributed by atoms with van der Waals surface area (Å²) in [6, 6.07) is 8.56. The number of likely N-dealkylation sites (tertiary alicyclic amines) is 2. The molecule has 0 radical (unpaired) electrons. The van der Waals surface area contributed by atoms with Crippen LogP contribution in [0.1, 0.15) is 65.6 Å². The quantitative estimate of drug-likeness (QED) is 0.457. The molecular formula is C29H38N4O2S. The predicted molar refractivity (Wildman–Crippen MR) is 144 cm³/mol. The van der Waals surface area contributed by atoms with E-state index >= 15 is 0 Å². The molecule has 2 aliphatic heterocycles. The average molecular weight is 507 g/mol. The lowest BCUT2D eigenvalue weighted by Gasteiger charge is -2.34. The third kappa shape index (κ3) is 4.98. The first-order valence-corrected chi connectivity index (χ1v) is 14.5. The maximum atomic E-state index is 12.2. The Bertz CT molecular complexity index is 1220. The zero-order chi connectivity index (χ0) is 24.8. The number of piperidine rings is 1. The van der Waals surface area contributed by atoms with E-state index in [0.29, 0.717) is 23.7 Å². The number of aromatic nitrogens is 2. The highest BCUT2D eigenvalue weighted by Gasteiger charge is 2.42. The van der Waals surface area contributed by atoms with Crippen molar-refractivity contribution < 1.29 is 9.90 Å². The molecular weight excluding hydrogens is 468 g/mol. The number of aliphatic carboxylic acids is 1. The van der Waals surface area contributed by atoms with Crippen LogP contribution in [0.3, 0.4) is 0 Å². The molecule has 2 saturated heterocycles. The molecule has 3 atom stereocenters. The number of nitrogens with zero attached hydrogens (tertiary/aromatic N) is 4. The summed E-state index contributed by atoms with van der Waals surface area (Å²) in [5, 5.41) is 10.1. The van der Waals surface area contributed by atoms with Gasteiger partial charge >= 0.3 is 5.97 Å². The summed E-state index contributed by atoms with van der Waals surface area (Å²) in [4.78, 5) is 24.2. The van der Waals surface area contributed by atoms with Gasteiger partial charge < -0.3 is 10.0 Å². The maximum Gasteiger partial charge on any atom is 0.320 e. The lowest BCUT2D eigenvalue weighted by Crippen LogP contribution is -2.41. The van der Waals surface area contributed by atoms with Gasteiger partial charge in [0.1, 0.15) is 6.04 Å². The number of thiazole rings is 1. The van der Waals surface area contributed by atoms with E-state index < -0.39 is 5.97 Å². The van der Waals surface area contributed by atoms with Gasteiger partial charge in [-0.15, -0.1) is 11.3 Å². The molecule has 192 valence electrons. The first kappa shape index (κ1) is 24.1. The van der Waals surface area contributed by atoms with Crippen LogP contribution in [0, 0.1) is 25.7 Å². The van der Waals surface area contributed by atoms with Gasteiger partial charge in [-0.3, -0.25) is 14.1 Å². The normalized spacial score (nSPS) is 25.1. The van der Waals surface area contributed by atoms with Crippen LogP contribution in [0.25, 0.3) is 4.96 Å². The Hall–Kier alpha value is -2.22. The first-order valence-electron chi connectivity index (χ1n) is 13.6. The number of carboxylic acid groups (broad SMARTS) is 1. The first-order chi connectivity index (χ1) is 17.4. The fraction of sp³-hybridized carbons (Fsp3) is 0.586. The van der Waals surface area contributed by atoms with Crippen molar-refractivity contribution >= 4 is 22.3 Å². The molecule has 0 unspecified atom stereocenters. The molecule has 7 heteroatoms. The Morgan fingerprint density at radius 2 is 1.97 bits per heavy atom. The highest BCUT2D eigenvalue weighted by atomic mass is 32.1. The topological polar surface area (TPSA) is 61.1 Å². The summed E-state index contributed by atoms with van der Waals surface area (Å²) in [6.07, 6.45) is 9.85. The van der Waals surface area contributed by atoms with Gasteiger partial charge in [0.2, 0.25) is 0 Å². The van der Waals surface area contributed by atoms with Crippen molar-refractivity contribution in [3.63, 3.8) is 0 Å². The van der Waals surface area contributed by atoms with Crippen LogP contribution in [-0.2, 0) is 4.79 Å². The molecule has 36 heavy (non-hydrogen) atoms. The second-order valence-electron chi connectivity index (χ2n) is 11.5. The maximum absolute atomic E-state index is 12.2. The van der Waals surface area contributed by atoms with E-state index in [1.807, 2.05) is 0 Å². The highest BCUT2D eigenvalue weighted by molar-refractivity contribution is 7.16. The van der Waals surface area contributed by atoms with E-state index in [-0.39, 0.29) is 6.04 Å². The minimum absolute atomic E-state index is 0.334. The SMILES string of the molecule is Cc1cccc([C@H]2CN([C@H](CC3CC3)C(=O)O)C[C@@H]2CN2CCC(c3cnc4sc(C)cn34)CC2)c1. The molecule has 6 nitrogen and oxygen atoms in total. The summed E-state index contributed by atoms with van der Waals surface area (Å²) in [5.41, 5.74) is 4.03. The minimum Gasteiger partial charge on any atom is -0.480 e. The second kappa shape index (κ2) is 9.92. The van der Waals surface area contributed by atoms with E-state index in [9.17, 15) is 9.90 Å². The van der Waals surface area contributed by atoms with Gasteiger partial charge in [0, 0.05) is 48.2 Å². The Morgan fingerprint density at radius 3 is 2.69 bits per heavy atom. The number of hydrogen-bond acceptors (Lipinski definition) is 5. The van der Waals surface area contributed by atoms with Gasteiger partial charge in [0.15, 0.2) is 4.96 Å². The number of aryl methyl sites for hydroxylation is 2. The zero-order valence-electron chi connectivity index (χ0n) is 21.5. The fourth-order valence-corrected chi connectivity index (χ4v) is 7.46. The summed E-state index contributed by atoms with van der Waals surface area (Å²) in [5.74, 6) is 1.40. The van der Waals surface area contributed by atoms with Crippen LogP contribution in [0.15, 0.2) is 36.7 Å². The van der Waals surface area contributed by atoms with Gasteiger partial charge in [-0.1, -0.05) is 42.7 Å². The Balaban J connectivity index is 1.15. The Labute approximate surface area is 217 Å². The minimum atomic E-state index is -0.637. The monoisotopic (exact) mass is 506 g/mol. The zero-order valence-corrected chi connectivity index (χ0v) is 22.3. The third-order valence-corrected chi connectivity index (χ3v) is 9.68. The second-order valence-corrected chi connectivity index (χ2v) is 12.7. The fourth-order valence-electron chi connectivity index (χ4n) is 6.66. The standard InChI is InChI=1S/C29H38N4O2S/c1-19-4-3-5-23(12-19)25-18-32(26(28(34)35)13-21-6-7-21)17-24(25)16-31-10-8-22(9-11-31)27-14-30-29-33(27)15-20(2)36-29/h3-5,12,14-15,21-22,24-26H,6-11,13,16-18H2,1-2H3,(H,34,35)/t24-,25+,26+/m0/s1. The highest BCUT2D eigenvalue weighted by Crippen LogP contribution is 2.40. The van der Waals surface area contributed by atoms with Crippen molar-refractivity contribution in [2.24, 2.45) is 11.8 Å². The van der Waals surface area contributed by atoms with Gasteiger partial charge in [0.25, 0.3) is 0 Å². The van der Waals surface area contributed by atoms with E-state index in [2.05, 4.69) is 69.7 Å². The van der Waals surface area contributed by atoms with Crippen LogP contribution in [0.4, 0.5) is 0 Å². The van der Waals surface area contributed by atoms with Crippen LogP contribution in [0.2, 0.25) is 0 Å². The number of imidazole rings is 1. The number of benzene rings is 1. The van der Waals surface area contributed by atoms with Gasteiger partial charge in [-0.2, -0.15) is 0 Å². The number of carbonyl (C=O) groups is 1. The third-order valence-electron chi connectivity index (χ3n) is 8.77. The molecule has 4 heterocycles. The molecule has 3 fully saturated rings. The van der Waals surface area contributed by atoms with Crippen molar-refractivity contribution in [1.82, 2.24) is 19.2 Å². The average Bonchev–Trinajstić information content (AvgIpc) is 3.28. The molecule has 1 aliphatic carbocycles. The molecule has 2 aromatic heterocycles. The van der Waals surface area contributed by atoms with Crippen molar-refractivity contribution in [1.29, 1.82) is 0 Å². The predicted octanol–water partition coefficient (Wildman–Crippen LogP) is 5.16. The number of hydrogen-bond donors (Lipinski definition) is 1. The lowest BCUT2D eigenvalue weighted by molar-refractivity contribution is -0.143.